The van der Waals surface area contributed by atoms with Crippen molar-refractivity contribution in [1.82, 2.24) is 0 Å². The molecule has 0 fully saturated rings. The van der Waals surface area contributed by atoms with Crippen molar-refractivity contribution in [2.75, 3.05) is 26.9 Å². The topological polar surface area (TPSA) is 53.7 Å². The van der Waals surface area contributed by atoms with E-state index in [-0.39, 0.29) is 0 Å². The smallest absolute Gasteiger partial charge is 0.165 e. The highest BCUT2D eigenvalue weighted by Crippen LogP contribution is 2.37. The zero-order valence-corrected chi connectivity index (χ0v) is 8.79. The van der Waals surface area contributed by atoms with E-state index in [1.807, 2.05) is 12.1 Å². The molecule has 0 unspecified atom stereocenters. The summed E-state index contributed by atoms with van der Waals surface area (Å²) in [5.74, 6) is 2.35. The number of methoxy groups -OCH3 is 1. The highest BCUT2D eigenvalue weighted by Gasteiger charge is 2.17. The van der Waals surface area contributed by atoms with Crippen LogP contribution in [0.4, 0.5) is 0 Å². The Morgan fingerprint density at radius 3 is 2.87 bits per heavy atom. The Hall–Kier alpha value is -1.42. The number of nitrogens with two attached hydrogens (primary N) is 1. The molecule has 0 aliphatic carbocycles. The van der Waals surface area contributed by atoms with Crippen LogP contribution in [-0.4, -0.2) is 26.9 Å². The molecule has 1 aliphatic heterocycles. The molecule has 0 saturated heterocycles. The van der Waals surface area contributed by atoms with Crippen molar-refractivity contribution in [3.63, 3.8) is 0 Å². The Bertz CT molecular complexity index is 352. The lowest BCUT2D eigenvalue weighted by atomic mass is 10.1. The second kappa shape index (κ2) is 4.40. The summed E-state index contributed by atoms with van der Waals surface area (Å²) < 4.78 is 16.3. The molecule has 82 valence electrons. The number of ether oxygens (including phenoxy) is 3. The van der Waals surface area contributed by atoms with E-state index in [2.05, 4.69) is 0 Å². The first-order valence-electron chi connectivity index (χ1n) is 5.01. The van der Waals surface area contributed by atoms with Gasteiger partial charge < -0.3 is 19.9 Å². The molecule has 2 N–H and O–H groups in total. The molecule has 0 saturated carbocycles. The predicted octanol–water partition coefficient (Wildman–Crippen LogP) is 0.968. The lowest BCUT2D eigenvalue weighted by molar-refractivity contribution is 0.169. The van der Waals surface area contributed by atoms with Gasteiger partial charge in [-0.1, -0.05) is 0 Å². The molecule has 0 amide bonds. The highest BCUT2D eigenvalue weighted by atomic mass is 16.6. The second-order valence-electron chi connectivity index (χ2n) is 3.35. The summed E-state index contributed by atoms with van der Waals surface area (Å²) in [6.07, 6.45) is 0.767. The van der Waals surface area contributed by atoms with Gasteiger partial charge in [-0.05, 0) is 19.0 Å². The minimum absolute atomic E-state index is 0.586. The summed E-state index contributed by atoms with van der Waals surface area (Å²) in [6, 6.07) is 3.79. The number of fused-ring (bicyclic) bond motifs is 1. The van der Waals surface area contributed by atoms with Gasteiger partial charge in [0.15, 0.2) is 11.5 Å². The normalized spacial score (nSPS) is 13.7. The van der Waals surface area contributed by atoms with Crippen LogP contribution in [0.5, 0.6) is 17.2 Å². The predicted molar refractivity (Wildman–Crippen MR) is 56.7 cm³/mol. The zero-order valence-electron chi connectivity index (χ0n) is 8.79. The van der Waals surface area contributed by atoms with Crippen molar-refractivity contribution >= 4 is 0 Å². The van der Waals surface area contributed by atoms with Crippen LogP contribution in [-0.2, 0) is 6.42 Å². The summed E-state index contributed by atoms with van der Waals surface area (Å²) in [6.45, 7) is 1.77. The summed E-state index contributed by atoms with van der Waals surface area (Å²) in [5, 5.41) is 0. The van der Waals surface area contributed by atoms with Crippen molar-refractivity contribution in [3.8, 4) is 17.2 Å². The fourth-order valence-corrected chi connectivity index (χ4v) is 1.66. The van der Waals surface area contributed by atoms with E-state index in [9.17, 15) is 0 Å². The number of benzene rings is 1. The molecule has 1 aromatic carbocycles. The summed E-state index contributed by atoms with van der Waals surface area (Å²) in [7, 11) is 1.64. The molecular formula is C11H15NO3. The molecule has 0 bridgehead atoms. The van der Waals surface area contributed by atoms with E-state index in [4.69, 9.17) is 19.9 Å². The van der Waals surface area contributed by atoms with Crippen LogP contribution in [0.25, 0.3) is 0 Å². The third kappa shape index (κ3) is 1.99. The molecule has 4 heteroatoms. The first kappa shape index (κ1) is 10.1. The number of hydrogen-bond donors (Lipinski definition) is 1. The van der Waals surface area contributed by atoms with E-state index in [0.29, 0.717) is 19.8 Å². The van der Waals surface area contributed by atoms with Gasteiger partial charge in [-0.3, -0.25) is 0 Å². The van der Waals surface area contributed by atoms with E-state index in [1.165, 1.54) is 0 Å². The maximum absolute atomic E-state index is 5.57. The molecule has 1 heterocycles. The van der Waals surface area contributed by atoms with Gasteiger partial charge in [-0.2, -0.15) is 0 Å². The van der Waals surface area contributed by atoms with Gasteiger partial charge in [0, 0.05) is 11.6 Å². The van der Waals surface area contributed by atoms with Crippen LogP contribution in [0, 0.1) is 0 Å². The van der Waals surface area contributed by atoms with Gasteiger partial charge in [-0.15, -0.1) is 0 Å². The monoisotopic (exact) mass is 209 g/mol. The minimum Gasteiger partial charge on any atom is -0.497 e. The van der Waals surface area contributed by atoms with Crippen molar-refractivity contribution in [3.05, 3.63) is 17.7 Å². The SMILES string of the molecule is COc1cc(CCN)c2c(c1)OCCO2. The molecule has 4 nitrogen and oxygen atoms in total. The maximum atomic E-state index is 5.57. The van der Waals surface area contributed by atoms with Crippen LogP contribution in [0.1, 0.15) is 5.56 Å². The van der Waals surface area contributed by atoms with E-state index >= 15 is 0 Å². The molecule has 1 aliphatic rings. The maximum Gasteiger partial charge on any atom is 0.165 e. The summed E-state index contributed by atoms with van der Waals surface area (Å²) >= 11 is 0. The van der Waals surface area contributed by atoms with Crippen LogP contribution < -0.4 is 19.9 Å². The van der Waals surface area contributed by atoms with Gasteiger partial charge in [-0.25, -0.2) is 0 Å². The van der Waals surface area contributed by atoms with Crippen LogP contribution in [0.2, 0.25) is 0 Å². The third-order valence-electron chi connectivity index (χ3n) is 2.34. The van der Waals surface area contributed by atoms with Gasteiger partial charge in [0.05, 0.1) is 7.11 Å². The summed E-state index contributed by atoms with van der Waals surface area (Å²) in [4.78, 5) is 0. The lowest BCUT2D eigenvalue weighted by Crippen LogP contribution is -2.17. The molecule has 15 heavy (non-hydrogen) atoms. The lowest BCUT2D eigenvalue weighted by Gasteiger charge is -2.21. The van der Waals surface area contributed by atoms with E-state index < -0.39 is 0 Å². The van der Waals surface area contributed by atoms with E-state index in [0.717, 1.165) is 29.2 Å². The molecule has 0 spiro atoms. The highest BCUT2D eigenvalue weighted by molar-refractivity contribution is 5.52. The Kier molecular flexibility index (Phi) is 2.97. The first-order valence-corrected chi connectivity index (χ1v) is 5.01. The number of hydrogen-bond acceptors (Lipinski definition) is 4. The molecular weight excluding hydrogens is 194 g/mol. The number of rotatable bonds is 3. The molecule has 0 aromatic heterocycles. The fraction of sp³-hybridized carbons (Fsp3) is 0.455. The van der Waals surface area contributed by atoms with Crippen molar-refractivity contribution < 1.29 is 14.2 Å². The van der Waals surface area contributed by atoms with Gasteiger partial charge >= 0.3 is 0 Å². The average Bonchev–Trinajstić information content (AvgIpc) is 2.29. The minimum atomic E-state index is 0.586. The van der Waals surface area contributed by atoms with Gasteiger partial charge in [0.1, 0.15) is 19.0 Å². The quantitative estimate of drug-likeness (QED) is 0.805. The third-order valence-corrected chi connectivity index (χ3v) is 2.34. The van der Waals surface area contributed by atoms with Gasteiger partial charge in [0.25, 0.3) is 0 Å². The van der Waals surface area contributed by atoms with Crippen LogP contribution in [0.15, 0.2) is 12.1 Å². The Morgan fingerprint density at radius 2 is 2.13 bits per heavy atom. The van der Waals surface area contributed by atoms with Crippen LogP contribution >= 0.6 is 0 Å². The molecule has 0 radical (unpaired) electrons. The standard InChI is InChI=1S/C11H15NO3/c1-13-9-6-8(2-3-12)11-10(7-9)14-4-5-15-11/h6-7H,2-5,12H2,1H3. The largest absolute Gasteiger partial charge is 0.497 e. The van der Waals surface area contributed by atoms with Crippen molar-refractivity contribution in [2.45, 2.75) is 6.42 Å². The van der Waals surface area contributed by atoms with Gasteiger partial charge in [0.2, 0.25) is 0 Å². The van der Waals surface area contributed by atoms with E-state index in [1.54, 1.807) is 7.11 Å². The van der Waals surface area contributed by atoms with Crippen LogP contribution in [0.3, 0.4) is 0 Å². The Balaban J connectivity index is 2.41. The first-order chi connectivity index (χ1) is 7.35. The average molecular weight is 209 g/mol. The molecule has 0 atom stereocenters. The molecule has 2 rings (SSSR count). The van der Waals surface area contributed by atoms with Crippen molar-refractivity contribution in [1.29, 1.82) is 0 Å². The second-order valence-corrected chi connectivity index (χ2v) is 3.35. The fourth-order valence-electron chi connectivity index (χ4n) is 1.66. The van der Waals surface area contributed by atoms with Crippen molar-refractivity contribution in [2.24, 2.45) is 5.73 Å². The Morgan fingerprint density at radius 1 is 1.33 bits per heavy atom. The zero-order chi connectivity index (χ0) is 10.7. The summed E-state index contributed by atoms with van der Waals surface area (Å²) in [5.41, 5.74) is 6.60. The molecule has 1 aromatic rings. The Labute approximate surface area is 88.9 Å².